The molecule has 0 spiro atoms. The Morgan fingerprint density at radius 1 is 1.09 bits per heavy atom. The zero-order valence-corrected chi connectivity index (χ0v) is 13.7. The van der Waals surface area contributed by atoms with Gasteiger partial charge in [0, 0.05) is 5.69 Å². The standard InChI is InChI=1S/C18H16N2O2S/c1-12-19-16(17(23-12)13-6-4-3-5-7-13)18(21)20-14-8-10-15(22-2)11-9-14/h3-11H,1-2H3,(H,20,21). The van der Waals surface area contributed by atoms with Gasteiger partial charge in [-0.15, -0.1) is 11.3 Å². The number of rotatable bonds is 4. The molecular formula is C18H16N2O2S. The number of anilines is 1. The van der Waals surface area contributed by atoms with E-state index in [1.165, 1.54) is 11.3 Å². The van der Waals surface area contributed by atoms with Crippen LogP contribution in [0.1, 0.15) is 15.5 Å². The van der Waals surface area contributed by atoms with Gasteiger partial charge in [-0.1, -0.05) is 30.3 Å². The Hall–Kier alpha value is -2.66. The van der Waals surface area contributed by atoms with Gasteiger partial charge in [0.1, 0.15) is 11.4 Å². The highest BCUT2D eigenvalue weighted by atomic mass is 32.1. The van der Waals surface area contributed by atoms with Crippen LogP contribution in [0.5, 0.6) is 5.75 Å². The van der Waals surface area contributed by atoms with Gasteiger partial charge < -0.3 is 10.1 Å². The molecule has 4 nitrogen and oxygen atoms in total. The summed E-state index contributed by atoms with van der Waals surface area (Å²) >= 11 is 1.52. The fourth-order valence-corrected chi connectivity index (χ4v) is 3.15. The topological polar surface area (TPSA) is 51.2 Å². The van der Waals surface area contributed by atoms with Crippen LogP contribution in [0, 0.1) is 6.92 Å². The largest absolute Gasteiger partial charge is 0.497 e. The van der Waals surface area contributed by atoms with Crippen LogP contribution in [0.2, 0.25) is 0 Å². The SMILES string of the molecule is COc1ccc(NC(=O)c2nc(C)sc2-c2ccccc2)cc1. The first-order valence-electron chi connectivity index (χ1n) is 7.15. The number of thiazole rings is 1. The van der Waals surface area contributed by atoms with E-state index in [2.05, 4.69) is 10.3 Å². The third-order valence-corrected chi connectivity index (χ3v) is 4.35. The summed E-state index contributed by atoms with van der Waals surface area (Å²) in [4.78, 5) is 17.9. The lowest BCUT2D eigenvalue weighted by atomic mass is 10.1. The fraction of sp³-hybridized carbons (Fsp3) is 0.111. The van der Waals surface area contributed by atoms with Crippen molar-refractivity contribution >= 4 is 22.9 Å². The van der Waals surface area contributed by atoms with Gasteiger partial charge in [-0.2, -0.15) is 0 Å². The van der Waals surface area contributed by atoms with Crippen molar-refractivity contribution in [2.75, 3.05) is 12.4 Å². The predicted molar refractivity (Wildman–Crippen MR) is 93.2 cm³/mol. The number of aryl methyl sites for hydroxylation is 1. The first-order valence-corrected chi connectivity index (χ1v) is 7.97. The van der Waals surface area contributed by atoms with Crippen LogP contribution in [0.4, 0.5) is 5.69 Å². The van der Waals surface area contributed by atoms with Crippen molar-refractivity contribution in [2.45, 2.75) is 6.92 Å². The number of amides is 1. The minimum absolute atomic E-state index is 0.210. The molecule has 0 saturated heterocycles. The number of benzene rings is 2. The molecule has 0 unspecified atom stereocenters. The van der Waals surface area contributed by atoms with E-state index in [4.69, 9.17) is 4.74 Å². The Morgan fingerprint density at radius 2 is 1.78 bits per heavy atom. The summed E-state index contributed by atoms with van der Waals surface area (Å²) in [6, 6.07) is 17.0. The van der Waals surface area contributed by atoms with Gasteiger partial charge in [-0.05, 0) is 36.8 Å². The van der Waals surface area contributed by atoms with Crippen LogP contribution in [0.3, 0.4) is 0 Å². The summed E-state index contributed by atoms with van der Waals surface area (Å²) in [7, 11) is 1.61. The van der Waals surface area contributed by atoms with Gasteiger partial charge in [0.2, 0.25) is 0 Å². The van der Waals surface area contributed by atoms with Gasteiger partial charge in [-0.25, -0.2) is 4.98 Å². The highest BCUT2D eigenvalue weighted by Gasteiger charge is 2.18. The molecule has 116 valence electrons. The highest BCUT2D eigenvalue weighted by Crippen LogP contribution is 2.30. The van der Waals surface area contributed by atoms with E-state index in [1.54, 1.807) is 31.4 Å². The van der Waals surface area contributed by atoms with Crippen LogP contribution in [-0.2, 0) is 0 Å². The van der Waals surface area contributed by atoms with Crippen molar-refractivity contribution in [3.63, 3.8) is 0 Å². The fourth-order valence-electron chi connectivity index (χ4n) is 2.23. The molecule has 0 bridgehead atoms. The number of aromatic nitrogens is 1. The Labute approximate surface area is 138 Å². The normalized spacial score (nSPS) is 10.3. The van der Waals surface area contributed by atoms with Gasteiger partial charge >= 0.3 is 0 Å². The lowest BCUT2D eigenvalue weighted by Crippen LogP contribution is -2.13. The Morgan fingerprint density at radius 3 is 2.43 bits per heavy atom. The van der Waals surface area contributed by atoms with E-state index >= 15 is 0 Å². The number of carbonyl (C=O) groups excluding carboxylic acids is 1. The summed E-state index contributed by atoms with van der Waals surface area (Å²) in [6.07, 6.45) is 0. The van der Waals surface area contributed by atoms with Crippen LogP contribution in [-0.4, -0.2) is 18.0 Å². The average Bonchev–Trinajstić information content (AvgIpc) is 2.98. The zero-order valence-electron chi connectivity index (χ0n) is 12.9. The smallest absolute Gasteiger partial charge is 0.275 e. The molecule has 23 heavy (non-hydrogen) atoms. The van der Waals surface area contributed by atoms with Crippen molar-refractivity contribution in [3.8, 4) is 16.2 Å². The maximum absolute atomic E-state index is 12.6. The summed E-state index contributed by atoms with van der Waals surface area (Å²) in [5.74, 6) is 0.538. The Balaban J connectivity index is 1.87. The molecule has 5 heteroatoms. The number of nitrogens with zero attached hydrogens (tertiary/aromatic N) is 1. The third kappa shape index (κ3) is 3.40. The second kappa shape index (κ2) is 6.62. The lowest BCUT2D eigenvalue weighted by Gasteiger charge is -2.06. The van der Waals surface area contributed by atoms with E-state index in [0.29, 0.717) is 11.4 Å². The molecule has 1 N–H and O–H groups in total. The van der Waals surface area contributed by atoms with Gasteiger partial charge in [0.05, 0.1) is 17.0 Å². The predicted octanol–water partition coefficient (Wildman–Crippen LogP) is 4.38. The molecule has 0 aliphatic carbocycles. The first kappa shape index (κ1) is 15.2. The molecule has 1 heterocycles. The van der Waals surface area contributed by atoms with Crippen LogP contribution >= 0.6 is 11.3 Å². The number of nitrogens with one attached hydrogen (secondary N) is 1. The zero-order chi connectivity index (χ0) is 16.2. The van der Waals surface area contributed by atoms with Crippen molar-refractivity contribution in [3.05, 3.63) is 65.3 Å². The summed E-state index contributed by atoms with van der Waals surface area (Å²) < 4.78 is 5.12. The summed E-state index contributed by atoms with van der Waals surface area (Å²) in [5.41, 5.74) is 2.16. The first-order chi connectivity index (χ1) is 11.2. The molecule has 1 amide bonds. The maximum atomic E-state index is 12.6. The van der Waals surface area contributed by atoms with Gasteiger partial charge in [0.25, 0.3) is 5.91 Å². The molecule has 0 radical (unpaired) electrons. The summed E-state index contributed by atoms with van der Waals surface area (Å²) in [6.45, 7) is 1.90. The molecule has 0 aliphatic rings. The van der Waals surface area contributed by atoms with E-state index in [-0.39, 0.29) is 5.91 Å². The van der Waals surface area contributed by atoms with Crippen molar-refractivity contribution in [1.82, 2.24) is 4.98 Å². The molecule has 0 fully saturated rings. The molecule has 0 saturated carbocycles. The van der Waals surface area contributed by atoms with Crippen molar-refractivity contribution < 1.29 is 9.53 Å². The third-order valence-electron chi connectivity index (χ3n) is 3.33. The molecule has 1 aromatic heterocycles. The molecular weight excluding hydrogens is 308 g/mol. The Bertz CT molecular complexity index is 811. The van der Waals surface area contributed by atoms with E-state index in [1.807, 2.05) is 37.3 Å². The van der Waals surface area contributed by atoms with E-state index in [9.17, 15) is 4.79 Å². The Kier molecular flexibility index (Phi) is 4.39. The maximum Gasteiger partial charge on any atom is 0.275 e. The van der Waals surface area contributed by atoms with E-state index < -0.39 is 0 Å². The summed E-state index contributed by atoms with van der Waals surface area (Å²) in [5, 5.41) is 3.75. The van der Waals surface area contributed by atoms with Gasteiger partial charge in [-0.3, -0.25) is 4.79 Å². The number of ether oxygens (including phenoxy) is 1. The van der Waals surface area contributed by atoms with Crippen LogP contribution in [0.25, 0.3) is 10.4 Å². The minimum Gasteiger partial charge on any atom is -0.497 e. The molecule has 2 aromatic carbocycles. The van der Waals surface area contributed by atoms with Crippen molar-refractivity contribution in [1.29, 1.82) is 0 Å². The van der Waals surface area contributed by atoms with Gasteiger partial charge in [0.15, 0.2) is 0 Å². The quantitative estimate of drug-likeness (QED) is 0.775. The number of carbonyl (C=O) groups is 1. The number of hydrogen-bond acceptors (Lipinski definition) is 4. The minimum atomic E-state index is -0.210. The molecule has 0 aliphatic heterocycles. The molecule has 3 rings (SSSR count). The van der Waals surface area contributed by atoms with Crippen molar-refractivity contribution in [2.24, 2.45) is 0 Å². The highest BCUT2D eigenvalue weighted by molar-refractivity contribution is 7.15. The van der Waals surface area contributed by atoms with Crippen LogP contribution < -0.4 is 10.1 Å². The molecule has 3 aromatic rings. The molecule has 0 atom stereocenters. The lowest BCUT2D eigenvalue weighted by molar-refractivity contribution is 0.102. The monoisotopic (exact) mass is 324 g/mol. The van der Waals surface area contributed by atoms with E-state index in [0.717, 1.165) is 21.2 Å². The van der Waals surface area contributed by atoms with Crippen LogP contribution in [0.15, 0.2) is 54.6 Å². The number of methoxy groups -OCH3 is 1. The average molecular weight is 324 g/mol. The second-order valence-corrected chi connectivity index (χ2v) is 6.16. The number of hydrogen-bond donors (Lipinski definition) is 1. The second-order valence-electron chi connectivity index (χ2n) is 4.96.